The van der Waals surface area contributed by atoms with Crippen molar-refractivity contribution >= 4 is 17.4 Å². The van der Waals surface area contributed by atoms with E-state index in [1.54, 1.807) is 17.0 Å². The molecule has 19 heavy (non-hydrogen) atoms. The number of Topliss-reactive ketones (excluding diaryl/α,β-unsaturated/α-hetero) is 1. The topological polar surface area (TPSA) is 46.6 Å². The largest absolute Gasteiger partial charge is 0.370 e. The van der Waals surface area contributed by atoms with Crippen LogP contribution in [0.3, 0.4) is 0 Å². The standard InChI is InChI=1S/C15H19NO3/c1-15(2,3)14(18)11-4-6-12(7-5-11)16-8-9-19-10-13(16)17/h4-7H,8-10H2,1-3H3. The fourth-order valence-electron chi connectivity index (χ4n) is 2.02. The number of rotatable bonds is 2. The van der Waals surface area contributed by atoms with Crippen molar-refractivity contribution in [3.8, 4) is 0 Å². The molecule has 0 atom stereocenters. The first-order chi connectivity index (χ1) is 8.89. The molecule has 0 bridgehead atoms. The van der Waals surface area contributed by atoms with Gasteiger partial charge in [-0.05, 0) is 24.3 Å². The molecule has 0 N–H and O–H groups in total. The highest BCUT2D eigenvalue weighted by Gasteiger charge is 2.24. The van der Waals surface area contributed by atoms with E-state index in [1.165, 1.54) is 0 Å². The number of nitrogens with zero attached hydrogens (tertiary/aromatic N) is 1. The summed E-state index contributed by atoms with van der Waals surface area (Å²) >= 11 is 0. The van der Waals surface area contributed by atoms with Crippen LogP contribution in [-0.4, -0.2) is 31.4 Å². The second kappa shape index (κ2) is 5.13. The van der Waals surface area contributed by atoms with Crippen LogP contribution in [0.25, 0.3) is 0 Å². The third-order valence-corrected chi connectivity index (χ3v) is 3.11. The van der Waals surface area contributed by atoms with Gasteiger partial charge in [0.05, 0.1) is 6.61 Å². The van der Waals surface area contributed by atoms with E-state index in [0.29, 0.717) is 18.7 Å². The summed E-state index contributed by atoms with van der Waals surface area (Å²) in [5, 5.41) is 0. The van der Waals surface area contributed by atoms with Gasteiger partial charge in [0.2, 0.25) is 0 Å². The number of hydrogen-bond acceptors (Lipinski definition) is 3. The maximum atomic E-state index is 12.1. The van der Waals surface area contributed by atoms with Gasteiger partial charge in [-0.15, -0.1) is 0 Å². The molecule has 4 heteroatoms. The molecule has 0 aromatic heterocycles. The van der Waals surface area contributed by atoms with Crippen LogP contribution in [0, 0.1) is 5.41 Å². The van der Waals surface area contributed by atoms with Crippen LogP contribution in [0.4, 0.5) is 5.69 Å². The highest BCUT2D eigenvalue weighted by atomic mass is 16.5. The predicted molar refractivity (Wildman–Crippen MR) is 73.4 cm³/mol. The molecule has 1 amide bonds. The van der Waals surface area contributed by atoms with Crippen LogP contribution < -0.4 is 4.90 Å². The lowest BCUT2D eigenvalue weighted by atomic mass is 9.86. The van der Waals surface area contributed by atoms with Crippen LogP contribution in [0.5, 0.6) is 0 Å². The Bertz CT molecular complexity index is 485. The molecule has 0 radical (unpaired) electrons. The lowest BCUT2D eigenvalue weighted by Crippen LogP contribution is -2.41. The summed E-state index contributed by atoms with van der Waals surface area (Å²) in [4.78, 5) is 25.5. The molecule has 1 saturated heterocycles. The van der Waals surface area contributed by atoms with Crippen LogP contribution in [0.15, 0.2) is 24.3 Å². The molecule has 0 aliphatic carbocycles. The van der Waals surface area contributed by atoms with Gasteiger partial charge in [-0.3, -0.25) is 9.59 Å². The molecule has 1 heterocycles. The van der Waals surface area contributed by atoms with Crippen LogP contribution in [0.1, 0.15) is 31.1 Å². The van der Waals surface area contributed by atoms with Gasteiger partial charge >= 0.3 is 0 Å². The summed E-state index contributed by atoms with van der Waals surface area (Å²) in [6.07, 6.45) is 0. The minimum atomic E-state index is -0.393. The summed E-state index contributed by atoms with van der Waals surface area (Å²) in [6.45, 7) is 6.93. The number of benzene rings is 1. The summed E-state index contributed by atoms with van der Waals surface area (Å²) < 4.78 is 5.09. The fourth-order valence-corrected chi connectivity index (χ4v) is 2.02. The Kier molecular flexibility index (Phi) is 3.71. The molecule has 2 rings (SSSR count). The van der Waals surface area contributed by atoms with Gasteiger partial charge in [0.15, 0.2) is 5.78 Å². The van der Waals surface area contributed by atoms with E-state index in [1.807, 2.05) is 32.9 Å². The summed E-state index contributed by atoms with van der Waals surface area (Å²) in [6, 6.07) is 7.21. The molecule has 0 saturated carbocycles. The van der Waals surface area contributed by atoms with Gasteiger partial charge in [-0.2, -0.15) is 0 Å². The Hall–Kier alpha value is -1.68. The van der Waals surface area contributed by atoms with Crippen molar-refractivity contribution in [3.63, 3.8) is 0 Å². The van der Waals surface area contributed by atoms with E-state index in [2.05, 4.69) is 0 Å². The van der Waals surface area contributed by atoms with Crippen molar-refractivity contribution in [2.24, 2.45) is 5.41 Å². The monoisotopic (exact) mass is 261 g/mol. The average Bonchev–Trinajstić information content (AvgIpc) is 2.38. The molecular formula is C15H19NO3. The normalized spacial score (nSPS) is 16.6. The van der Waals surface area contributed by atoms with E-state index >= 15 is 0 Å². The molecule has 1 aliphatic rings. The fraction of sp³-hybridized carbons (Fsp3) is 0.467. The van der Waals surface area contributed by atoms with Gasteiger partial charge in [-0.1, -0.05) is 20.8 Å². The van der Waals surface area contributed by atoms with Gasteiger partial charge in [0, 0.05) is 23.2 Å². The van der Waals surface area contributed by atoms with Gasteiger partial charge in [-0.25, -0.2) is 0 Å². The van der Waals surface area contributed by atoms with E-state index < -0.39 is 5.41 Å². The average molecular weight is 261 g/mol. The SMILES string of the molecule is CC(C)(C)C(=O)c1ccc(N2CCOCC2=O)cc1. The number of morpholine rings is 1. The Morgan fingerprint density at radius 1 is 1.21 bits per heavy atom. The van der Waals surface area contributed by atoms with Gasteiger partial charge in [0.1, 0.15) is 6.61 Å². The molecule has 1 fully saturated rings. The minimum Gasteiger partial charge on any atom is -0.370 e. The van der Waals surface area contributed by atoms with E-state index in [4.69, 9.17) is 4.74 Å². The Morgan fingerprint density at radius 2 is 1.84 bits per heavy atom. The number of amides is 1. The van der Waals surface area contributed by atoms with E-state index in [9.17, 15) is 9.59 Å². The molecule has 102 valence electrons. The summed E-state index contributed by atoms with van der Waals surface area (Å²) in [7, 11) is 0. The van der Waals surface area contributed by atoms with Crippen LogP contribution in [0.2, 0.25) is 0 Å². The first kappa shape index (κ1) is 13.7. The van der Waals surface area contributed by atoms with Crippen LogP contribution >= 0.6 is 0 Å². The van der Waals surface area contributed by atoms with Crippen molar-refractivity contribution < 1.29 is 14.3 Å². The first-order valence-corrected chi connectivity index (χ1v) is 6.42. The smallest absolute Gasteiger partial charge is 0.253 e. The van der Waals surface area contributed by atoms with Crippen LogP contribution in [-0.2, 0) is 9.53 Å². The molecule has 4 nitrogen and oxygen atoms in total. The van der Waals surface area contributed by atoms with E-state index in [0.717, 1.165) is 5.69 Å². The molecule has 1 aromatic rings. The van der Waals surface area contributed by atoms with Crippen molar-refractivity contribution in [1.82, 2.24) is 0 Å². The zero-order chi connectivity index (χ0) is 14.0. The Balaban J connectivity index is 2.19. The number of ketones is 1. The molecule has 1 aliphatic heterocycles. The number of carbonyl (C=O) groups excluding carboxylic acids is 2. The molecule has 0 unspecified atom stereocenters. The van der Waals surface area contributed by atoms with Gasteiger partial charge < -0.3 is 9.64 Å². The number of anilines is 1. The van der Waals surface area contributed by atoms with Crippen molar-refractivity contribution in [2.45, 2.75) is 20.8 Å². The number of carbonyl (C=O) groups is 2. The van der Waals surface area contributed by atoms with Crippen molar-refractivity contribution in [1.29, 1.82) is 0 Å². The minimum absolute atomic E-state index is 0.0406. The first-order valence-electron chi connectivity index (χ1n) is 6.42. The number of ether oxygens (including phenoxy) is 1. The molecular weight excluding hydrogens is 242 g/mol. The quantitative estimate of drug-likeness (QED) is 0.767. The van der Waals surface area contributed by atoms with Gasteiger partial charge in [0.25, 0.3) is 5.91 Å². The predicted octanol–water partition coefficient (Wildman–Crippen LogP) is 2.28. The number of hydrogen-bond donors (Lipinski definition) is 0. The summed E-state index contributed by atoms with van der Waals surface area (Å²) in [5.74, 6) is 0.0634. The third kappa shape index (κ3) is 3.01. The second-order valence-corrected chi connectivity index (χ2v) is 5.72. The highest BCUT2D eigenvalue weighted by Crippen LogP contribution is 2.23. The third-order valence-electron chi connectivity index (χ3n) is 3.11. The lowest BCUT2D eigenvalue weighted by molar-refractivity contribution is -0.125. The lowest BCUT2D eigenvalue weighted by Gasteiger charge is -2.27. The van der Waals surface area contributed by atoms with E-state index in [-0.39, 0.29) is 18.3 Å². The zero-order valence-corrected chi connectivity index (χ0v) is 11.6. The zero-order valence-electron chi connectivity index (χ0n) is 11.6. The second-order valence-electron chi connectivity index (χ2n) is 5.72. The molecule has 1 aromatic carbocycles. The highest BCUT2D eigenvalue weighted by molar-refractivity contribution is 6.00. The van der Waals surface area contributed by atoms with Crippen molar-refractivity contribution in [2.75, 3.05) is 24.7 Å². The Morgan fingerprint density at radius 3 is 2.37 bits per heavy atom. The maximum absolute atomic E-state index is 12.1. The summed E-state index contributed by atoms with van der Waals surface area (Å²) in [5.41, 5.74) is 1.10. The van der Waals surface area contributed by atoms with Crippen molar-refractivity contribution in [3.05, 3.63) is 29.8 Å². The molecule has 0 spiro atoms. The Labute approximate surface area is 113 Å². The maximum Gasteiger partial charge on any atom is 0.253 e.